The molecule has 1 nitrogen and oxygen atoms in total. The number of pyridine rings is 1. The Balaban J connectivity index is 0.000000360. The van der Waals surface area contributed by atoms with Crippen molar-refractivity contribution >= 4 is 0 Å². The van der Waals surface area contributed by atoms with Gasteiger partial charge in [-0.3, -0.25) is 4.98 Å². The molecule has 0 amide bonds. The van der Waals surface area contributed by atoms with Gasteiger partial charge >= 0.3 is 0 Å². The van der Waals surface area contributed by atoms with Crippen LogP contribution in [0.15, 0.2) is 30.6 Å². The molecule has 0 atom stereocenters. The second-order valence-corrected chi connectivity index (χ2v) is 1.02. The zero-order chi connectivity index (χ0) is 4.24. The SMILES string of the molecule is [I-].c1ccncc1. The number of aromatic nitrogens is 1. The van der Waals surface area contributed by atoms with Crippen LogP contribution in [0.2, 0.25) is 0 Å². The molecular formula is C5H5IN-. The molecule has 0 aliphatic heterocycles. The van der Waals surface area contributed by atoms with E-state index in [1.165, 1.54) is 0 Å². The average molecular weight is 206 g/mol. The van der Waals surface area contributed by atoms with Gasteiger partial charge in [0.1, 0.15) is 0 Å². The van der Waals surface area contributed by atoms with Gasteiger partial charge in [-0.05, 0) is 12.1 Å². The minimum absolute atomic E-state index is 0. The summed E-state index contributed by atoms with van der Waals surface area (Å²) in [6.45, 7) is 0. The second kappa shape index (κ2) is 4.05. The highest BCUT2D eigenvalue weighted by Gasteiger charge is 1.58. The monoisotopic (exact) mass is 206 g/mol. The van der Waals surface area contributed by atoms with Crippen LogP contribution in [-0.2, 0) is 0 Å². The van der Waals surface area contributed by atoms with Crippen LogP contribution in [-0.4, -0.2) is 4.98 Å². The zero-order valence-corrected chi connectivity index (χ0v) is 5.87. The van der Waals surface area contributed by atoms with Gasteiger partial charge in [0, 0.05) is 12.4 Å². The molecule has 0 aliphatic rings. The molecule has 1 aromatic rings. The summed E-state index contributed by atoms with van der Waals surface area (Å²) in [4.78, 5) is 3.78. The van der Waals surface area contributed by atoms with Crippen molar-refractivity contribution in [3.8, 4) is 0 Å². The molecule has 1 heterocycles. The van der Waals surface area contributed by atoms with E-state index in [4.69, 9.17) is 0 Å². The maximum atomic E-state index is 3.78. The van der Waals surface area contributed by atoms with E-state index in [1.807, 2.05) is 18.2 Å². The molecule has 0 spiro atoms. The maximum absolute atomic E-state index is 3.78. The summed E-state index contributed by atoms with van der Waals surface area (Å²) in [6.07, 6.45) is 3.50. The lowest BCUT2D eigenvalue weighted by molar-refractivity contribution is -0.00000128. The van der Waals surface area contributed by atoms with Crippen molar-refractivity contribution in [3.05, 3.63) is 30.6 Å². The predicted octanol–water partition coefficient (Wildman–Crippen LogP) is -1.91. The van der Waals surface area contributed by atoms with E-state index in [0.717, 1.165) is 0 Å². The number of hydrogen-bond acceptors (Lipinski definition) is 1. The van der Waals surface area contributed by atoms with Crippen molar-refractivity contribution in [1.82, 2.24) is 4.98 Å². The first kappa shape index (κ1) is 6.88. The zero-order valence-electron chi connectivity index (χ0n) is 3.71. The topological polar surface area (TPSA) is 12.9 Å². The van der Waals surface area contributed by atoms with Crippen molar-refractivity contribution < 1.29 is 24.0 Å². The Morgan fingerprint density at radius 3 is 1.57 bits per heavy atom. The Labute approximate surface area is 59.8 Å². The van der Waals surface area contributed by atoms with Crippen molar-refractivity contribution in [2.75, 3.05) is 0 Å². The molecule has 38 valence electrons. The predicted molar refractivity (Wildman–Crippen MR) is 24.2 cm³/mol. The van der Waals surface area contributed by atoms with E-state index < -0.39 is 0 Å². The van der Waals surface area contributed by atoms with Crippen LogP contribution in [0.5, 0.6) is 0 Å². The molecule has 1 aromatic heterocycles. The van der Waals surface area contributed by atoms with Gasteiger partial charge in [-0.2, -0.15) is 0 Å². The van der Waals surface area contributed by atoms with Crippen LogP contribution in [0.3, 0.4) is 0 Å². The fourth-order valence-corrected chi connectivity index (χ4v) is 0.313. The molecule has 0 fully saturated rings. The van der Waals surface area contributed by atoms with Gasteiger partial charge in [-0.15, -0.1) is 0 Å². The van der Waals surface area contributed by atoms with Crippen LogP contribution >= 0.6 is 0 Å². The number of nitrogens with zero attached hydrogens (tertiary/aromatic N) is 1. The van der Waals surface area contributed by atoms with Gasteiger partial charge < -0.3 is 24.0 Å². The summed E-state index contributed by atoms with van der Waals surface area (Å²) < 4.78 is 0. The number of rotatable bonds is 0. The lowest BCUT2D eigenvalue weighted by Gasteiger charge is -1.70. The fraction of sp³-hybridized carbons (Fsp3) is 0. The van der Waals surface area contributed by atoms with Gasteiger partial charge in [0.05, 0.1) is 0 Å². The van der Waals surface area contributed by atoms with Crippen molar-refractivity contribution in [2.45, 2.75) is 0 Å². The molecule has 0 bridgehead atoms. The van der Waals surface area contributed by atoms with Crippen molar-refractivity contribution in [3.63, 3.8) is 0 Å². The van der Waals surface area contributed by atoms with Gasteiger partial charge in [0.25, 0.3) is 0 Å². The first-order valence-corrected chi connectivity index (χ1v) is 1.85. The molecule has 1 rings (SSSR count). The van der Waals surface area contributed by atoms with Crippen LogP contribution < -0.4 is 24.0 Å². The van der Waals surface area contributed by atoms with Gasteiger partial charge in [-0.25, -0.2) is 0 Å². The van der Waals surface area contributed by atoms with Gasteiger partial charge in [0.15, 0.2) is 0 Å². The molecule has 2 heteroatoms. The van der Waals surface area contributed by atoms with E-state index in [2.05, 4.69) is 4.98 Å². The Hall–Kier alpha value is -0.120. The molecular weight excluding hydrogens is 201 g/mol. The van der Waals surface area contributed by atoms with Gasteiger partial charge in [-0.1, -0.05) is 6.07 Å². The third-order valence-corrected chi connectivity index (χ3v) is 0.566. The molecule has 0 saturated carbocycles. The summed E-state index contributed by atoms with van der Waals surface area (Å²) >= 11 is 0. The highest BCUT2D eigenvalue weighted by Crippen LogP contribution is 1.73. The van der Waals surface area contributed by atoms with Crippen LogP contribution in [0, 0.1) is 0 Å². The minimum Gasteiger partial charge on any atom is -1.00 e. The molecule has 0 unspecified atom stereocenters. The van der Waals surface area contributed by atoms with Crippen molar-refractivity contribution in [2.24, 2.45) is 0 Å². The Morgan fingerprint density at radius 1 is 0.857 bits per heavy atom. The minimum atomic E-state index is 0. The lowest BCUT2D eigenvalue weighted by atomic mass is 10.5. The van der Waals surface area contributed by atoms with Crippen molar-refractivity contribution in [1.29, 1.82) is 0 Å². The summed E-state index contributed by atoms with van der Waals surface area (Å²) in [5.41, 5.74) is 0. The standard InChI is InChI=1S/C5H5N.HI/c1-2-4-6-5-3-1;/h1-5H;1H/p-1. The first-order chi connectivity index (χ1) is 3.00. The Morgan fingerprint density at radius 2 is 1.43 bits per heavy atom. The number of hydrogen-bond donors (Lipinski definition) is 0. The van der Waals surface area contributed by atoms with Crippen LogP contribution in [0.1, 0.15) is 0 Å². The molecule has 0 aromatic carbocycles. The summed E-state index contributed by atoms with van der Waals surface area (Å²) in [6, 6.07) is 5.72. The van der Waals surface area contributed by atoms with Gasteiger partial charge in [0.2, 0.25) is 0 Å². The summed E-state index contributed by atoms with van der Waals surface area (Å²) in [7, 11) is 0. The van der Waals surface area contributed by atoms with E-state index in [1.54, 1.807) is 12.4 Å². The molecule has 0 N–H and O–H groups in total. The van der Waals surface area contributed by atoms with E-state index in [0.29, 0.717) is 0 Å². The summed E-state index contributed by atoms with van der Waals surface area (Å²) in [5, 5.41) is 0. The summed E-state index contributed by atoms with van der Waals surface area (Å²) in [5.74, 6) is 0. The molecule has 0 saturated heterocycles. The molecule has 7 heavy (non-hydrogen) atoms. The number of halogens is 1. The first-order valence-electron chi connectivity index (χ1n) is 1.85. The third kappa shape index (κ3) is 2.56. The van der Waals surface area contributed by atoms with Crippen LogP contribution in [0.25, 0.3) is 0 Å². The Kier molecular flexibility index (Phi) is 3.98. The quantitative estimate of drug-likeness (QED) is 0.451. The normalized spacial score (nSPS) is 6.86. The third-order valence-electron chi connectivity index (χ3n) is 0.566. The molecule has 0 aliphatic carbocycles. The van der Waals surface area contributed by atoms with E-state index >= 15 is 0 Å². The Bertz CT molecular complexity index is 80.0. The maximum Gasteiger partial charge on any atom is 0.0267 e. The van der Waals surface area contributed by atoms with E-state index in [-0.39, 0.29) is 24.0 Å². The molecule has 0 radical (unpaired) electrons. The smallest absolute Gasteiger partial charge is 0.0267 e. The van der Waals surface area contributed by atoms with Crippen LogP contribution in [0.4, 0.5) is 0 Å². The highest BCUT2D eigenvalue weighted by atomic mass is 127. The lowest BCUT2D eigenvalue weighted by Crippen LogP contribution is -3.00. The second-order valence-electron chi connectivity index (χ2n) is 1.02. The van der Waals surface area contributed by atoms with E-state index in [9.17, 15) is 0 Å². The average Bonchev–Trinajstić information content (AvgIpc) is 1.72. The fourth-order valence-electron chi connectivity index (χ4n) is 0.313. The highest BCUT2D eigenvalue weighted by molar-refractivity contribution is 4.88. The largest absolute Gasteiger partial charge is 1.00 e.